The summed E-state index contributed by atoms with van der Waals surface area (Å²) in [6.45, 7) is 4.16. The van der Waals surface area contributed by atoms with Crippen molar-refractivity contribution in [3.8, 4) is 5.75 Å². The molecule has 2 heterocycles. The van der Waals surface area contributed by atoms with Crippen molar-refractivity contribution in [3.05, 3.63) is 77.1 Å². The van der Waals surface area contributed by atoms with Gasteiger partial charge in [-0.05, 0) is 38.1 Å². The van der Waals surface area contributed by atoms with Crippen molar-refractivity contribution < 1.29 is 18.7 Å². The second kappa shape index (κ2) is 6.66. The standard InChI is InChI=1S/C19H19NO4/c1-13-10-17(14(2)24-13)19(22)20(12-16-7-5-9-23-16)11-15-6-3-4-8-18(15)21/h3-10,21H,11-12H2,1-2H3. The highest BCUT2D eigenvalue weighted by Gasteiger charge is 2.22. The van der Waals surface area contributed by atoms with E-state index in [0.717, 1.165) is 0 Å². The summed E-state index contributed by atoms with van der Waals surface area (Å²) in [5, 5.41) is 10.0. The number of carbonyl (C=O) groups is 1. The second-order valence-corrected chi connectivity index (χ2v) is 5.70. The number of nitrogens with zero attached hydrogens (tertiary/aromatic N) is 1. The van der Waals surface area contributed by atoms with E-state index in [0.29, 0.717) is 35.0 Å². The number of para-hydroxylation sites is 1. The normalized spacial score (nSPS) is 10.8. The molecule has 0 fully saturated rings. The number of phenols is 1. The molecule has 0 unspecified atom stereocenters. The molecule has 0 aliphatic rings. The van der Waals surface area contributed by atoms with Gasteiger partial charge in [-0.3, -0.25) is 4.79 Å². The van der Waals surface area contributed by atoms with Gasteiger partial charge >= 0.3 is 0 Å². The number of carbonyl (C=O) groups excluding carboxylic acids is 1. The fourth-order valence-electron chi connectivity index (χ4n) is 2.65. The third kappa shape index (κ3) is 3.35. The Labute approximate surface area is 140 Å². The third-order valence-corrected chi connectivity index (χ3v) is 3.84. The van der Waals surface area contributed by atoms with Crippen LogP contribution in [0.3, 0.4) is 0 Å². The number of hydrogen-bond acceptors (Lipinski definition) is 4. The van der Waals surface area contributed by atoms with Gasteiger partial charge in [-0.1, -0.05) is 18.2 Å². The number of aromatic hydroxyl groups is 1. The molecule has 5 heteroatoms. The molecule has 24 heavy (non-hydrogen) atoms. The second-order valence-electron chi connectivity index (χ2n) is 5.70. The first-order chi connectivity index (χ1) is 11.5. The smallest absolute Gasteiger partial charge is 0.258 e. The van der Waals surface area contributed by atoms with E-state index in [4.69, 9.17) is 8.83 Å². The van der Waals surface area contributed by atoms with Gasteiger partial charge in [-0.2, -0.15) is 0 Å². The zero-order valence-electron chi connectivity index (χ0n) is 13.7. The molecule has 1 amide bonds. The van der Waals surface area contributed by atoms with E-state index in [9.17, 15) is 9.90 Å². The lowest BCUT2D eigenvalue weighted by atomic mass is 10.1. The van der Waals surface area contributed by atoms with Crippen LogP contribution in [-0.4, -0.2) is 15.9 Å². The molecule has 0 bridgehead atoms. The molecule has 1 aromatic carbocycles. The van der Waals surface area contributed by atoms with Crippen LogP contribution in [0.5, 0.6) is 5.75 Å². The van der Waals surface area contributed by atoms with Gasteiger partial charge in [-0.15, -0.1) is 0 Å². The van der Waals surface area contributed by atoms with Crippen molar-refractivity contribution in [1.82, 2.24) is 4.90 Å². The highest BCUT2D eigenvalue weighted by molar-refractivity contribution is 5.95. The Hall–Kier alpha value is -2.95. The van der Waals surface area contributed by atoms with Crippen molar-refractivity contribution >= 4 is 5.91 Å². The Morgan fingerprint density at radius 1 is 1.12 bits per heavy atom. The van der Waals surface area contributed by atoms with E-state index in [1.807, 2.05) is 19.1 Å². The SMILES string of the molecule is Cc1cc(C(=O)N(Cc2ccco2)Cc2ccccc2O)c(C)o1. The van der Waals surface area contributed by atoms with E-state index >= 15 is 0 Å². The Kier molecular flexibility index (Phi) is 4.42. The Balaban J connectivity index is 1.91. The van der Waals surface area contributed by atoms with Gasteiger partial charge in [0.1, 0.15) is 23.0 Å². The van der Waals surface area contributed by atoms with E-state index in [-0.39, 0.29) is 18.2 Å². The maximum absolute atomic E-state index is 13.0. The van der Waals surface area contributed by atoms with E-state index in [1.54, 1.807) is 48.4 Å². The molecule has 0 saturated heterocycles. The summed E-state index contributed by atoms with van der Waals surface area (Å²) in [6.07, 6.45) is 1.57. The first-order valence-electron chi connectivity index (χ1n) is 7.70. The average Bonchev–Trinajstić information content (AvgIpc) is 3.17. The fraction of sp³-hybridized carbons (Fsp3) is 0.211. The van der Waals surface area contributed by atoms with Crippen molar-refractivity contribution in [3.63, 3.8) is 0 Å². The highest BCUT2D eigenvalue weighted by atomic mass is 16.3. The average molecular weight is 325 g/mol. The van der Waals surface area contributed by atoms with Gasteiger partial charge in [0.25, 0.3) is 5.91 Å². The molecule has 2 aromatic heterocycles. The molecule has 0 radical (unpaired) electrons. The molecule has 0 aliphatic heterocycles. The van der Waals surface area contributed by atoms with Crippen LogP contribution >= 0.6 is 0 Å². The summed E-state index contributed by atoms with van der Waals surface area (Å²) >= 11 is 0. The largest absolute Gasteiger partial charge is 0.508 e. The molecule has 0 spiro atoms. The van der Waals surface area contributed by atoms with Crippen LogP contribution in [0.15, 0.2) is 57.6 Å². The van der Waals surface area contributed by atoms with Gasteiger partial charge in [0.2, 0.25) is 0 Å². The first kappa shape index (κ1) is 15.9. The Bertz CT molecular complexity index is 833. The number of aryl methyl sites for hydroxylation is 2. The van der Waals surface area contributed by atoms with E-state index in [1.165, 1.54) is 0 Å². The number of phenolic OH excluding ortho intramolecular Hbond substituents is 1. The lowest BCUT2D eigenvalue weighted by molar-refractivity contribution is 0.0715. The summed E-state index contributed by atoms with van der Waals surface area (Å²) in [6, 6.07) is 12.3. The quantitative estimate of drug-likeness (QED) is 0.769. The van der Waals surface area contributed by atoms with Crippen LogP contribution in [0.2, 0.25) is 0 Å². The van der Waals surface area contributed by atoms with Crippen molar-refractivity contribution in [1.29, 1.82) is 0 Å². The topological polar surface area (TPSA) is 66.8 Å². The zero-order chi connectivity index (χ0) is 17.1. The summed E-state index contributed by atoms with van der Waals surface area (Å²) < 4.78 is 10.8. The van der Waals surface area contributed by atoms with Crippen LogP contribution in [0.4, 0.5) is 0 Å². The van der Waals surface area contributed by atoms with Gasteiger partial charge in [-0.25, -0.2) is 0 Å². The number of hydrogen-bond donors (Lipinski definition) is 1. The summed E-state index contributed by atoms with van der Waals surface area (Å²) in [7, 11) is 0. The lowest BCUT2D eigenvalue weighted by Crippen LogP contribution is -2.30. The van der Waals surface area contributed by atoms with Crippen molar-refractivity contribution in [2.24, 2.45) is 0 Å². The third-order valence-electron chi connectivity index (χ3n) is 3.84. The van der Waals surface area contributed by atoms with Crippen molar-refractivity contribution in [2.75, 3.05) is 0 Å². The predicted octanol–water partition coefficient (Wildman–Crippen LogP) is 4.04. The molecule has 0 atom stereocenters. The van der Waals surface area contributed by atoms with Crippen molar-refractivity contribution in [2.45, 2.75) is 26.9 Å². The maximum Gasteiger partial charge on any atom is 0.258 e. The first-order valence-corrected chi connectivity index (χ1v) is 7.70. The molecular weight excluding hydrogens is 306 g/mol. The number of benzene rings is 1. The van der Waals surface area contributed by atoms with Crippen LogP contribution in [-0.2, 0) is 13.1 Å². The monoisotopic (exact) mass is 325 g/mol. The Morgan fingerprint density at radius 3 is 2.54 bits per heavy atom. The van der Waals surface area contributed by atoms with Crippen LogP contribution in [0.25, 0.3) is 0 Å². The maximum atomic E-state index is 13.0. The lowest BCUT2D eigenvalue weighted by Gasteiger charge is -2.22. The molecule has 3 aromatic rings. The minimum absolute atomic E-state index is 0.162. The molecule has 5 nitrogen and oxygen atoms in total. The molecule has 3 rings (SSSR count). The minimum Gasteiger partial charge on any atom is -0.508 e. The fourth-order valence-corrected chi connectivity index (χ4v) is 2.65. The van der Waals surface area contributed by atoms with Gasteiger partial charge in [0.05, 0.1) is 24.9 Å². The molecule has 124 valence electrons. The highest BCUT2D eigenvalue weighted by Crippen LogP contribution is 2.23. The minimum atomic E-state index is -0.163. The van der Waals surface area contributed by atoms with Gasteiger partial charge in [0, 0.05) is 5.56 Å². The van der Waals surface area contributed by atoms with Gasteiger partial charge < -0.3 is 18.8 Å². The van der Waals surface area contributed by atoms with Gasteiger partial charge in [0.15, 0.2) is 0 Å². The summed E-state index contributed by atoms with van der Waals surface area (Å²) in [5.41, 5.74) is 1.20. The molecular formula is C19H19NO4. The molecule has 0 saturated carbocycles. The zero-order valence-corrected chi connectivity index (χ0v) is 13.7. The van der Waals surface area contributed by atoms with Crippen LogP contribution in [0, 0.1) is 13.8 Å². The number of amides is 1. The van der Waals surface area contributed by atoms with E-state index < -0.39 is 0 Å². The number of rotatable bonds is 5. The van der Waals surface area contributed by atoms with E-state index in [2.05, 4.69) is 0 Å². The summed E-state index contributed by atoms with van der Waals surface area (Å²) in [4.78, 5) is 14.6. The Morgan fingerprint density at radius 2 is 1.92 bits per heavy atom. The van der Waals surface area contributed by atoms with Crippen LogP contribution in [0.1, 0.15) is 33.2 Å². The molecule has 1 N–H and O–H groups in total. The summed E-state index contributed by atoms with van der Waals surface area (Å²) in [5.74, 6) is 1.95. The molecule has 0 aliphatic carbocycles. The van der Waals surface area contributed by atoms with Crippen LogP contribution < -0.4 is 0 Å². The predicted molar refractivity (Wildman–Crippen MR) is 88.6 cm³/mol. The number of furan rings is 2.